The maximum Gasteiger partial charge on any atom is 0.0366 e. The monoisotopic (exact) mass is 260 g/mol. The van der Waals surface area contributed by atoms with Gasteiger partial charge in [0.1, 0.15) is 0 Å². The first-order valence-corrected chi connectivity index (χ1v) is 7.84. The van der Waals surface area contributed by atoms with Gasteiger partial charge < -0.3 is 10.2 Å². The van der Waals surface area contributed by atoms with E-state index >= 15 is 0 Å². The summed E-state index contributed by atoms with van der Waals surface area (Å²) in [6.45, 7) is 7.90. The second-order valence-corrected chi connectivity index (χ2v) is 5.74. The van der Waals surface area contributed by atoms with E-state index in [2.05, 4.69) is 54.4 Å². The van der Waals surface area contributed by atoms with Crippen LogP contribution >= 0.6 is 0 Å². The van der Waals surface area contributed by atoms with E-state index < -0.39 is 0 Å². The van der Waals surface area contributed by atoms with Crippen molar-refractivity contribution in [3.8, 4) is 0 Å². The third-order valence-electron chi connectivity index (χ3n) is 4.40. The number of likely N-dealkylation sites (N-methyl/N-ethyl adjacent to an activating group) is 1. The molecular weight excluding hydrogens is 232 g/mol. The number of anilines is 1. The van der Waals surface area contributed by atoms with Crippen LogP contribution in [0.25, 0.3) is 0 Å². The van der Waals surface area contributed by atoms with E-state index in [1.807, 2.05) is 0 Å². The minimum absolute atomic E-state index is 0.739. The molecule has 1 aromatic carbocycles. The van der Waals surface area contributed by atoms with Gasteiger partial charge in [0.15, 0.2) is 0 Å². The third-order valence-corrected chi connectivity index (χ3v) is 4.40. The molecule has 0 heterocycles. The Kier molecular flexibility index (Phi) is 5.71. The maximum absolute atomic E-state index is 3.76. The molecule has 1 aliphatic carbocycles. The first-order chi connectivity index (χ1) is 9.31. The van der Waals surface area contributed by atoms with E-state index in [-0.39, 0.29) is 0 Å². The fourth-order valence-corrected chi connectivity index (χ4v) is 3.11. The Bertz CT molecular complexity index is 350. The number of para-hydroxylation sites is 1. The van der Waals surface area contributed by atoms with Crippen molar-refractivity contribution in [3.63, 3.8) is 0 Å². The third kappa shape index (κ3) is 4.24. The van der Waals surface area contributed by atoms with Crippen LogP contribution in [-0.4, -0.2) is 25.7 Å². The van der Waals surface area contributed by atoms with Crippen molar-refractivity contribution in [1.29, 1.82) is 0 Å². The van der Waals surface area contributed by atoms with Gasteiger partial charge in [-0.3, -0.25) is 0 Å². The quantitative estimate of drug-likeness (QED) is 0.839. The second-order valence-electron chi connectivity index (χ2n) is 5.74. The molecule has 0 amide bonds. The summed E-state index contributed by atoms with van der Waals surface area (Å²) in [6.07, 6.45) is 5.58. The van der Waals surface area contributed by atoms with Crippen molar-refractivity contribution in [1.82, 2.24) is 5.32 Å². The number of rotatable bonds is 6. The summed E-state index contributed by atoms with van der Waals surface area (Å²) in [6, 6.07) is 11.5. The summed E-state index contributed by atoms with van der Waals surface area (Å²) in [7, 11) is 0. The number of nitrogens with one attached hydrogen (secondary N) is 1. The lowest BCUT2D eigenvalue weighted by atomic mass is 9.86. The van der Waals surface area contributed by atoms with Crippen LogP contribution in [0.2, 0.25) is 0 Å². The average Bonchev–Trinajstić information content (AvgIpc) is 2.46. The molecule has 1 aliphatic rings. The van der Waals surface area contributed by atoms with Gasteiger partial charge in [0.25, 0.3) is 0 Å². The Morgan fingerprint density at radius 1 is 1.16 bits per heavy atom. The highest BCUT2D eigenvalue weighted by Gasteiger charge is 2.20. The van der Waals surface area contributed by atoms with Gasteiger partial charge in [0.2, 0.25) is 0 Å². The molecule has 0 saturated heterocycles. The summed E-state index contributed by atoms with van der Waals surface area (Å²) in [5, 5.41) is 3.76. The van der Waals surface area contributed by atoms with Crippen molar-refractivity contribution in [3.05, 3.63) is 30.3 Å². The Labute approximate surface area is 118 Å². The maximum atomic E-state index is 3.76. The van der Waals surface area contributed by atoms with Crippen LogP contribution in [0.1, 0.15) is 39.5 Å². The highest BCUT2D eigenvalue weighted by molar-refractivity contribution is 5.45. The Morgan fingerprint density at radius 3 is 2.58 bits per heavy atom. The zero-order valence-electron chi connectivity index (χ0n) is 12.4. The second kappa shape index (κ2) is 7.54. The number of hydrogen-bond acceptors (Lipinski definition) is 2. The predicted octanol–water partition coefficient (Wildman–Crippen LogP) is 3.68. The van der Waals surface area contributed by atoms with Crippen molar-refractivity contribution >= 4 is 5.69 Å². The van der Waals surface area contributed by atoms with E-state index in [0.717, 1.165) is 31.6 Å². The van der Waals surface area contributed by atoms with Gasteiger partial charge in [-0.05, 0) is 37.8 Å². The minimum Gasteiger partial charge on any atom is -0.371 e. The molecule has 1 fully saturated rings. The first-order valence-electron chi connectivity index (χ1n) is 7.84. The van der Waals surface area contributed by atoms with Gasteiger partial charge >= 0.3 is 0 Å². The molecule has 2 rings (SSSR count). The molecule has 0 aromatic heterocycles. The lowest BCUT2D eigenvalue weighted by molar-refractivity contribution is 0.283. The van der Waals surface area contributed by atoms with E-state index in [9.17, 15) is 0 Å². The molecule has 2 unspecified atom stereocenters. The number of nitrogens with zero attached hydrogens (tertiary/aromatic N) is 1. The predicted molar refractivity (Wildman–Crippen MR) is 83.8 cm³/mol. The molecule has 19 heavy (non-hydrogen) atoms. The van der Waals surface area contributed by atoms with Gasteiger partial charge in [0.05, 0.1) is 0 Å². The summed E-state index contributed by atoms with van der Waals surface area (Å²) in [5.41, 5.74) is 1.34. The minimum atomic E-state index is 0.739. The average molecular weight is 260 g/mol. The van der Waals surface area contributed by atoms with Crippen molar-refractivity contribution in [2.24, 2.45) is 5.92 Å². The molecule has 1 saturated carbocycles. The Balaban J connectivity index is 1.77. The summed E-state index contributed by atoms with van der Waals surface area (Å²) >= 11 is 0. The molecular formula is C17H28N2. The van der Waals surface area contributed by atoms with Crippen LogP contribution in [0.4, 0.5) is 5.69 Å². The molecule has 0 radical (unpaired) electrons. The lowest BCUT2D eigenvalue weighted by Crippen LogP contribution is -2.41. The molecule has 106 valence electrons. The van der Waals surface area contributed by atoms with Crippen molar-refractivity contribution in [2.45, 2.75) is 45.6 Å². The van der Waals surface area contributed by atoms with Crippen LogP contribution in [-0.2, 0) is 0 Å². The highest BCUT2D eigenvalue weighted by Crippen LogP contribution is 2.23. The topological polar surface area (TPSA) is 15.3 Å². The molecule has 1 N–H and O–H groups in total. The normalized spacial score (nSPS) is 23.3. The van der Waals surface area contributed by atoms with E-state index in [0.29, 0.717) is 0 Å². The molecule has 2 atom stereocenters. The molecule has 2 heteroatoms. The number of benzene rings is 1. The molecule has 2 nitrogen and oxygen atoms in total. The van der Waals surface area contributed by atoms with Crippen LogP contribution in [0, 0.1) is 5.92 Å². The smallest absolute Gasteiger partial charge is 0.0366 e. The van der Waals surface area contributed by atoms with Gasteiger partial charge in [-0.2, -0.15) is 0 Å². The van der Waals surface area contributed by atoms with Crippen LogP contribution in [0.5, 0.6) is 0 Å². The van der Waals surface area contributed by atoms with Crippen LogP contribution < -0.4 is 10.2 Å². The zero-order valence-corrected chi connectivity index (χ0v) is 12.4. The van der Waals surface area contributed by atoms with Gasteiger partial charge in [0, 0.05) is 31.4 Å². The zero-order chi connectivity index (χ0) is 13.5. The van der Waals surface area contributed by atoms with E-state index in [1.165, 1.54) is 31.4 Å². The standard InChI is InChI=1S/C17H28N2/c1-3-19(16-10-5-4-6-11-16)14-13-18-17-12-8-7-9-15(17)2/h4-6,10-11,15,17-18H,3,7-9,12-14H2,1-2H3. The van der Waals surface area contributed by atoms with E-state index in [4.69, 9.17) is 0 Å². The van der Waals surface area contributed by atoms with Gasteiger partial charge in [-0.15, -0.1) is 0 Å². The van der Waals surface area contributed by atoms with Crippen molar-refractivity contribution in [2.75, 3.05) is 24.5 Å². The van der Waals surface area contributed by atoms with Crippen LogP contribution in [0.15, 0.2) is 30.3 Å². The van der Waals surface area contributed by atoms with E-state index in [1.54, 1.807) is 0 Å². The molecule has 0 spiro atoms. The fraction of sp³-hybridized carbons (Fsp3) is 0.647. The largest absolute Gasteiger partial charge is 0.371 e. The highest BCUT2D eigenvalue weighted by atomic mass is 15.1. The molecule has 0 bridgehead atoms. The summed E-state index contributed by atoms with van der Waals surface area (Å²) in [5.74, 6) is 0.848. The van der Waals surface area contributed by atoms with Gasteiger partial charge in [-0.25, -0.2) is 0 Å². The van der Waals surface area contributed by atoms with Crippen LogP contribution in [0.3, 0.4) is 0 Å². The fourth-order valence-electron chi connectivity index (χ4n) is 3.11. The summed E-state index contributed by atoms with van der Waals surface area (Å²) < 4.78 is 0. The molecule has 1 aromatic rings. The SMILES string of the molecule is CCN(CCNC1CCCCC1C)c1ccccc1. The number of hydrogen-bond donors (Lipinski definition) is 1. The molecule has 0 aliphatic heterocycles. The van der Waals surface area contributed by atoms with Gasteiger partial charge in [-0.1, -0.05) is 38.0 Å². The Morgan fingerprint density at radius 2 is 1.89 bits per heavy atom. The first kappa shape index (κ1) is 14.4. The van der Waals surface area contributed by atoms with Crippen molar-refractivity contribution < 1.29 is 0 Å². The lowest BCUT2D eigenvalue weighted by Gasteiger charge is -2.31. The Hall–Kier alpha value is -1.02. The summed E-state index contributed by atoms with van der Waals surface area (Å²) in [4.78, 5) is 2.44.